The van der Waals surface area contributed by atoms with Crippen LogP contribution >= 0.6 is 22.9 Å². The van der Waals surface area contributed by atoms with E-state index < -0.39 is 6.04 Å². The number of carbonyl (C=O) groups is 2. The number of halogens is 1. The Morgan fingerprint density at radius 3 is 2.60 bits per heavy atom. The van der Waals surface area contributed by atoms with Gasteiger partial charge in [-0.25, -0.2) is 15.0 Å². The van der Waals surface area contributed by atoms with Crippen LogP contribution in [0.15, 0.2) is 5.38 Å². The van der Waals surface area contributed by atoms with Gasteiger partial charge in [0.05, 0.1) is 5.01 Å². The quantitative estimate of drug-likeness (QED) is 0.654. The van der Waals surface area contributed by atoms with Crippen LogP contribution in [0.5, 0.6) is 0 Å². The van der Waals surface area contributed by atoms with E-state index in [-0.39, 0.29) is 11.8 Å². The molecule has 3 heterocycles. The van der Waals surface area contributed by atoms with Gasteiger partial charge in [-0.1, -0.05) is 11.6 Å². The lowest BCUT2D eigenvalue weighted by Gasteiger charge is -2.33. The number of thiazole rings is 1. The van der Waals surface area contributed by atoms with Gasteiger partial charge < -0.3 is 16.0 Å². The maximum absolute atomic E-state index is 12.7. The first kappa shape index (κ1) is 22.4. The standard InChI is InChI=1S/C20H27ClN6O2S/c1-11(23-19(28)16-10-30-13(3)26-16)20(29)27-8-6-14(7-9-27)4-5-15-17(21)24-12(2)25-18(15)22/h10-11,14H,4-9H2,1-3H3,(H,23,28)(H2,22,24,25). The molecule has 1 saturated heterocycles. The summed E-state index contributed by atoms with van der Waals surface area (Å²) in [5, 5.41) is 5.70. The number of likely N-dealkylation sites (tertiary alicyclic amines) is 1. The fraction of sp³-hybridized carbons (Fsp3) is 0.550. The van der Waals surface area contributed by atoms with Gasteiger partial charge in [0, 0.05) is 24.0 Å². The number of nitrogens with zero attached hydrogens (tertiary/aromatic N) is 4. The minimum absolute atomic E-state index is 0.0621. The number of nitrogens with two attached hydrogens (primary N) is 1. The molecule has 10 heteroatoms. The van der Waals surface area contributed by atoms with Crippen LogP contribution in [-0.2, 0) is 11.2 Å². The molecule has 1 fully saturated rings. The average Bonchev–Trinajstić information content (AvgIpc) is 3.13. The van der Waals surface area contributed by atoms with Gasteiger partial charge in [-0.2, -0.15) is 0 Å². The summed E-state index contributed by atoms with van der Waals surface area (Å²) in [7, 11) is 0. The van der Waals surface area contributed by atoms with Crippen LogP contribution in [-0.4, -0.2) is 50.8 Å². The number of aromatic nitrogens is 3. The first-order valence-electron chi connectivity index (χ1n) is 10.0. The van der Waals surface area contributed by atoms with Gasteiger partial charge >= 0.3 is 0 Å². The fourth-order valence-corrected chi connectivity index (χ4v) is 4.58. The summed E-state index contributed by atoms with van der Waals surface area (Å²) < 4.78 is 0. The van der Waals surface area contributed by atoms with E-state index >= 15 is 0 Å². The van der Waals surface area contributed by atoms with Crippen molar-refractivity contribution < 1.29 is 9.59 Å². The Morgan fingerprint density at radius 1 is 1.30 bits per heavy atom. The molecule has 2 aromatic heterocycles. The number of carbonyl (C=O) groups excluding carboxylic acids is 2. The third-order valence-electron chi connectivity index (χ3n) is 5.40. The number of hydrogen-bond acceptors (Lipinski definition) is 7. The minimum Gasteiger partial charge on any atom is -0.383 e. The Hall–Kier alpha value is -2.26. The highest BCUT2D eigenvalue weighted by Gasteiger charge is 2.27. The van der Waals surface area contributed by atoms with Crippen LogP contribution in [0.2, 0.25) is 5.15 Å². The maximum atomic E-state index is 12.7. The molecule has 1 aliphatic heterocycles. The van der Waals surface area contributed by atoms with Crippen LogP contribution < -0.4 is 11.1 Å². The molecule has 0 radical (unpaired) electrons. The summed E-state index contributed by atoms with van der Waals surface area (Å²) >= 11 is 7.63. The van der Waals surface area contributed by atoms with Gasteiger partial charge in [0.15, 0.2) is 0 Å². The molecule has 3 rings (SSSR count). The number of nitrogen functional groups attached to an aromatic ring is 1. The minimum atomic E-state index is -0.584. The van der Waals surface area contributed by atoms with Crippen LogP contribution in [0.3, 0.4) is 0 Å². The van der Waals surface area contributed by atoms with Crippen molar-refractivity contribution in [3.8, 4) is 0 Å². The molecule has 30 heavy (non-hydrogen) atoms. The van der Waals surface area contributed by atoms with E-state index in [0.29, 0.717) is 41.5 Å². The number of anilines is 1. The molecule has 162 valence electrons. The number of piperidine rings is 1. The molecular weight excluding hydrogens is 424 g/mol. The molecule has 3 N–H and O–H groups in total. The van der Waals surface area contributed by atoms with Crippen molar-refractivity contribution >= 4 is 40.6 Å². The van der Waals surface area contributed by atoms with Crippen LogP contribution in [0.4, 0.5) is 5.82 Å². The Morgan fingerprint density at radius 2 is 2.00 bits per heavy atom. The number of rotatable bonds is 6. The largest absolute Gasteiger partial charge is 0.383 e. The molecule has 8 nitrogen and oxygen atoms in total. The first-order chi connectivity index (χ1) is 14.2. The Labute approximate surface area is 185 Å². The van der Waals surface area contributed by atoms with Crippen molar-refractivity contribution in [2.75, 3.05) is 18.8 Å². The van der Waals surface area contributed by atoms with E-state index in [4.69, 9.17) is 17.3 Å². The number of nitrogens with one attached hydrogen (secondary N) is 1. The Balaban J connectivity index is 1.46. The van der Waals surface area contributed by atoms with E-state index in [2.05, 4.69) is 20.3 Å². The lowest BCUT2D eigenvalue weighted by Crippen LogP contribution is -2.49. The van der Waals surface area contributed by atoms with Crippen LogP contribution in [0, 0.1) is 19.8 Å². The molecule has 0 aromatic carbocycles. The maximum Gasteiger partial charge on any atom is 0.271 e. The number of amides is 2. The average molecular weight is 451 g/mol. The second-order valence-corrected chi connectivity index (χ2v) is 9.10. The second kappa shape index (κ2) is 9.70. The predicted molar refractivity (Wildman–Crippen MR) is 118 cm³/mol. The zero-order valence-electron chi connectivity index (χ0n) is 17.4. The highest BCUT2D eigenvalue weighted by atomic mass is 35.5. The zero-order valence-corrected chi connectivity index (χ0v) is 19.0. The normalized spacial score (nSPS) is 15.8. The highest BCUT2D eigenvalue weighted by Crippen LogP contribution is 2.26. The number of hydrogen-bond donors (Lipinski definition) is 2. The van der Waals surface area contributed by atoms with E-state index in [0.717, 1.165) is 36.3 Å². The molecule has 1 aliphatic rings. The van der Waals surface area contributed by atoms with Gasteiger partial charge in [-0.15, -0.1) is 11.3 Å². The molecule has 0 aliphatic carbocycles. The smallest absolute Gasteiger partial charge is 0.271 e. The van der Waals surface area contributed by atoms with E-state index in [1.54, 1.807) is 19.2 Å². The Kier molecular flexibility index (Phi) is 7.25. The molecular formula is C20H27ClN6O2S. The molecule has 0 saturated carbocycles. The summed E-state index contributed by atoms with van der Waals surface area (Å²) in [5.41, 5.74) is 7.15. The topological polar surface area (TPSA) is 114 Å². The molecule has 0 bridgehead atoms. The SMILES string of the molecule is Cc1nc(N)c(CCC2CCN(C(=O)C(C)NC(=O)c3csc(C)n3)CC2)c(Cl)n1. The molecule has 0 spiro atoms. The van der Waals surface area contributed by atoms with Crippen molar-refractivity contribution in [3.63, 3.8) is 0 Å². The summed E-state index contributed by atoms with van der Waals surface area (Å²) in [4.78, 5) is 39.3. The van der Waals surface area contributed by atoms with E-state index in [1.165, 1.54) is 11.3 Å². The zero-order chi connectivity index (χ0) is 21.8. The van der Waals surface area contributed by atoms with Crippen molar-refractivity contribution in [1.82, 2.24) is 25.2 Å². The fourth-order valence-electron chi connectivity index (χ4n) is 3.68. The lowest BCUT2D eigenvalue weighted by molar-refractivity contribution is -0.134. The molecule has 1 unspecified atom stereocenters. The summed E-state index contributed by atoms with van der Waals surface area (Å²) in [6.45, 7) is 6.67. The van der Waals surface area contributed by atoms with Crippen molar-refractivity contribution in [2.24, 2.45) is 5.92 Å². The first-order valence-corrected chi connectivity index (χ1v) is 11.3. The summed E-state index contributed by atoms with van der Waals surface area (Å²) in [6, 6.07) is -0.584. The predicted octanol–water partition coefficient (Wildman–Crippen LogP) is 2.78. The molecule has 2 aromatic rings. The van der Waals surface area contributed by atoms with Gasteiger partial charge in [0.25, 0.3) is 5.91 Å². The van der Waals surface area contributed by atoms with Crippen molar-refractivity contribution in [3.05, 3.63) is 32.6 Å². The summed E-state index contributed by atoms with van der Waals surface area (Å²) in [6.07, 6.45) is 3.46. The van der Waals surface area contributed by atoms with Gasteiger partial charge in [-0.3, -0.25) is 9.59 Å². The molecule has 1 atom stereocenters. The van der Waals surface area contributed by atoms with Gasteiger partial charge in [-0.05, 0) is 52.4 Å². The van der Waals surface area contributed by atoms with Crippen molar-refractivity contribution in [1.29, 1.82) is 0 Å². The van der Waals surface area contributed by atoms with Crippen molar-refractivity contribution in [2.45, 2.75) is 52.5 Å². The monoisotopic (exact) mass is 450 g/mol. The highest BCUT2D eigenvalue weighted by molar-refractivity contribution is 7.09. The lowest BCUT2D eigenvalue weighted by atomic mass is 9.90. The van der Waals surface area contributed by atoms with Crippen LogP contribution in [0.25, 0.3) is 0 Å². The Bertz CT molecular complexity index is 903. The van der Waals surface area contributed by atoms with E-state index in [1.807, 2.05) is 11.8 Å². The van der Waals surface area contributed by atoms with Gasteiger partial charge in [0.1, 0.15) is 28.5 Å². The second-order valence-electron chi connectivity index (χ2n) is 7.68. The third kappa shape index (κ3) is 5.46. The summed E-state index contributed by atoms with van der Waals surface area (Å²) in [5.74, 6) is 1.12. The molecule has 2 amide bonds. The number of aryl methyl sites for hydroxylation is 2. The van der Waals surface area contributed by atoms with E-state index in [9.17, 15) is 9.59 Å². The van der Waals surface area contributed by atoms with Crippen LogP contribution in [0.1, 0.15) is 53.1 Å². The van der Waals surface area contributed by atoms with Gasteiger partial charge in [0.2, 0.25) is 5.91 Å². The third-order valence-corrected chi connectivity index (χ3v) is 6.49.